The quantitative estimate of drug-likeness (QED) is 0.703. The average molecular weight is 265 g/mol. The van der Waals surface area contributed by atoms with Crippen LogP contribution < -0.4 is 5.32 Å². The van der Waals surface area contributed by atoms with E-state index in [1.165, 1.54) is 0 Å². The van der Waals surface area contributed by atoms with Crippen molar-refractivity contribution in [1.29, 1.82) is 0 Å². The minimum atomic E-state index is -3.52. The van der Waals surface area contributed by atoms with E-state index in [4.69, 9.17) is 5.11 Å². The van der Waals surface area contributed by atoms with Crippen LogP contribution in [0.1, 0.15) is 32.1 Å². The number of amides is 1. The van der Waals surface area contributed by atoms with Gasteiger partial charge >= 0.3 is 6.09 Å². The van der Waals surface area contributed by atoms with E-state index in [1.807, 2.05) is 0 Å². The zero-order chi connectivity index (χ0) is 12.9. The van der Waals surface area contributed by atoms with Gasteiger partial charge in [0.1, 0.15) is 0 Å². The van der Waals surface area contributed by atoms with Crippen LogP contribution in [0.25, 0.3) is 0 Å². The highest BCUT2D eigenvalue weighted by Gasteiger charge is 2.22. The number of carbonyl (C=O) groups is 1. The summed E-state index contributed by atoms with van der Waals surface area (Å²) in [6.45, 7) is -0.123. The predicted molar refractivity (Wildman–Crippen MR) is 62.3 cm³/mol. The van der Waals surface area contributed by atoms with E-state index in [2.05, 4.69) is 9.50 Å². The van der Waals surface area contributed by atoms with Gasteiger partial charge in [-0.1, -0.05) is 25.7 Å². The third-order valence-corrected chi connectivity index (χ3v) is 3.47. The summed E-state index contributed by atoms with van der Waals surface area (Å²) in [4.78, 5) is 10.6. The summed E-state index contributed by atoms with van der Waals surface area (Å²) in [7, 11) is -3.52. The Morgan fingerprint density at radius 1 is 1.47 bits per heavy atom. The van der Waals surface area contributed by atoms with Crippen LogP contribution in [0.5, 0.6) is 0 Å². The highest BCUT2D eigenvalue weighted by molar-refractivity contribution is 7.85. The third-order valence-electron chi connectivity index (χ3n) is 2.90. The van der Waals surface area contributed by atoms with Gasteiger partial charge in [-0.3, -0.25) is 4.18 Å². The first-order valence-electron chi connectivity index (χ1n) is 5.70. The number of carboxylic acid groups (broad SMARTS) is 1. The molecule has 1 fully saturated rings. The first-order chi connectivity index (χ1) is 7.87. The summed E-state index contributed by atoms with van der Waals surface area (Å²) in [6, 6.07) is -0.453. The fourth-order valence-corrected chi connectivity index (χ4v) is 2.61. The van der Waals surface area contributed by atoms with Crippen molar-refractivity contribution in [2.24, 2.45) is 5.92 Å². The molecule has 1 amide bonds. The van der Waals surface area contributed by atoms with Gasteiger partial charge in [0.2, 0.25) is 0 Å². The molecule has 100 valence electrons. The third kappa shape index (κ3) is 6.48. The normalized spacial score (nSPS) is 19.1. The molecule has 1 saturated carbocycles. The molecule has 0 aromatic carbocycles. The minimum Gasteiger partial charge on any atom is -0.465 e. The molecular formula is C10H19NO5S. The van der Waals surface area contributed by atoms with Crippen LogP contribution in [-0.2, 0) is 14.3 Å². The van der Waals surface area contributed by atoms with Crippen LogP contribution in [0.15, 0.2) is 0 Å². The number of rotatable bonds is 6. The van der Waals surface area contributed by atoms with Gasteiger partial charge < -0.3 is 10.4 Å². The summed E-state index contributed by atoms with van der Waals surface area (Å²) in [5, 5.41) is 11.0. The Morgan fingerprint density at radius 2 is 2.06 bits per heavy atom. The molecule has 0 aromatic heterocycles. The largest absolute Gasteiger partial charge is 0.465 e. The molecule has 0 radical (unpaired) electrons. The van der Waals surface area contributed by atoms with Crippen LogP contribution in [-0.4, -0.2) is 38.5 Å². The van der Waals surface area contributed by atoms with Crippen molar-refractivity contribution in [1.82, 2.24) is 5.32 Å². The summed E-state index contributed by atoms with van der Waals surface area (Å²) in [5.41, 5.74) is 0. The van der Waals surface area contributed by atoms with Gasteiger partial charge in [-0.2, -0.15) is 8.42 Å². The van der Waals surface area contributed by atoms with Crippen molar-refractivity contribution >= 4 is 16.2 Å². The molecule has 2 N–H and O–H groups in total. The predicted octanol–water partition coefficient (Wildman–Crippen LogP) is 1.18. The second-order valence-corrected chi connectivity index (χ2v) is 6.17. The molecule has 7 heteroatoms. The van der Waals surface area contributed by atoms with Gasteiger partial charge in [0.15, 0.2) is 0 Å². The molecule has 0 aromatic rings. The van der Waals surface area contributed by atoms with E-state index in [-0.39, 0.29) is 6.61 Å². The molecule has 1 atom stereocenters. The van der Waals surface area contributed by atoms with Crippen molar-refractivity contribution in [2.45, 2.75) is 38.1 Å². The lowest BCUT2D eigenvalue weighted by atomic mass is 9.99. The molecule has 1 rings (SSSR count). The maximum absolute atomic E-state index is 10.9. The van der Waals surface area contributed by atoms with Gasteiger partial charge in [-0.05, 0) is 12.3 Å². The van der Waals surface area contributed by atoms with Crippen LogP contribution in [0, 0.1) is 5.92 Å². The number of hydrogen-bond acceptors (Lipinski definition) is 4. The molecule has 17 heavy (non-hydrogen) atoms. The van der Waals surface area contributed by atoms with E-state index in [0.29, 0.717) is 12.3 Å². The molecule has 0 saturated heterocycles. The van der Waals surface area contributed by atoms with Gasteiger partial charge in [0, 0.05) is 0 Å². The highest BCUT2D eigenvalue weighted by Crippen LogP contribution is 2.28. The summed E-state index contributed by atoms with van der Waals surface area (Å²) in [6.07, 6.45) is 4.94. The van der Waals surface area contributed by atoms with Gasteiger partial charge in [-0.15, -0.1) is 0 Å². The zero-order valence-electron chi connectivity index (χ0n) is 9.89. The first-order valence-corrected chi connectivity index (χ1v) is 7.52. The van der Waals surface area contributed by atoms with Gasteiger partial charge in [0.05, 0.1) is 18.9 Å². The van der Waals surface area contributed by atoms with Gasteiger partial charge in [-0.25, -0.2) is 4.79 Å². The summed E-state index contributed by atoms with van der Waals surface area (Å²) in [5.74, 6) is 0.468. The van der Waals surface area contributed by atoms with Crippen molar-refractivity contribution in [3.63, 3.8) is 0 Å². The minimum absolute atomic E-state index is 0.123. The lowest BCUT2D eigenvalue weighted by molar-refractivity contribution is 0.176. The Hall–Kier alpha value is -0.820. The molecule has 0 aliphatic heterocycles. The lowest BCUT2D eigenvalue weighted by Gasteiger charge is -2.19. The molecule has 0 bridgehead atoms. The maximum Gasteiger partial charge on any atom is 0.404 e. The van der Waals surface area contributed by atoms with Crippen molar-refractivity contribution in [3.05, 3.63) is 0 Å². The summed E-state index contributed by atoms with van der Waals surface area (Å²) >= 11 is 0. The standard InChI is InChI=1S/C10H19NO5S/c1-17(14,15)16-7-9(11-10(12)13)6-8-4-2-3-5-8/h8-9,11H,2-7H2,1H3,(H,12,13). The van der Waals surface area contributed by atoms with Gasteiger partial charge in [0.25, 0.3) is 10.1 Å². The first kappa shape index (κ1) is 14.2. The SMILES string of the molecule is CS(=O)(=O)OCC(CC1CCCC1)NC(=O)O. The molecule has 0 heterocycles. The molecular weight excluding hydrogens is 246 g/mol. The van der Waals surface area contributed by atoms with E-state index in [9.17, 15) is 13.2 Å². The van der Waals surface area contributed by atoms with Crippen LogP contribution >= 0.6 is 0 Å². The molecule has 1 aliphatic rings. The van der Waals surface area contributed by atoms with Crippen molar-refractivity contribution in [3.8, 4) is 0 Å². The average Bonchev–Trinajstić information content (AvgIpc) is 2.65. The van der Waals surface area contributed by atoms with Crippen molar-refractivity contribution in [2.75, 3.05) is 12.9 Å². The Labute approximate surface area is 101 Å². The molecule has 0 spiro atoms. The fraction of sp³-hybridized carbons (Fsp3) is 0.900. The lowest BCUT2D eigenvalue weighted by Crippen LogP contribution is -2.39. The van der Waals surface area contributed by atoms with E-state index >= 15 is 0 Å². The fourth-order valence-electron chi connectivity index (χ4n) is 2.20. The van der Waals surface area contributed by atoms with E-state index < -0.39 is 22.3 Å². The monoisotopic (exact) mass is 265 g/mol. The van der Waals surface area contributed by atoms with E-state index in [1.54, 1.807) is 0 Å². The number of hydrogen-bond donors (Lipinski definition) is 2. The smallest absolute Gasteiger partial charge is 0.404 e. The van der Waals surface area contributed by atoms with E-state index in [0.717, 1.165) is 31.9 Å². The Bertz CT molecular complexity index is 348. The molecule has 6 nitrogen and oxygen atoms in total. The van der Waals surface area contributed by atoms with Crippen LogP contribution in [0.3, 0.4) is 0 Å². The highest BCUT2D eigenvalue weighted by atomic mass is 32.2. The zero-order valence-corrected chi connectivity index (χ0v) is 10.7. The second-order valence-electron chi connectivity index (χ2n) is 4.52. The molecule has 1 unspecified atom stereocenters. The molecule has 1 aliphatic carbocycles. The Morgan fingerprint density at radius 3 is 2.53 bits per heavy atom. The Balaban J connectivity index is 2.44. The van der Waals surface area contributed by atoms with Crippen LogP contribution in [0.4, 0.5) is 4.79 Å². The second kappa shape index (κ2) is 6.20. The maximum atomic E-state index is 10.9. The summed E-state index contributed by atoms with van der Waals surface area (Å²) < 4.78 is 26.4. The van der Waals surface area contributed by atoms with Crippen LogP contribution in [0.2, 0.25) is 0 Å². The van der Waals surface area contributed by atoms with Crippen molar-refractivity contribution < 1.29 is 22.5 Å². The number of nitrogens with one attached hydrogen (secondary N) is 1. The topological polar surface area (TPSA) is 92.7 Å². The Kier molecular flexibility index (Phi) is 5.20.